The molecule has 1 aliphatic heterocycles. The molecule has 0 bridgehead atoms. The summed E-state index contributed by atoms with van der Waals surface area (Å²) in [5.41, 5.74) is 9.13. The molecule has 33 heavy (non-hydrogen) atoms. The molecule has 4 atom stereocenters. The van der Waals surface area contributed by atoms with Crippen molar-refractivity contribution in [3.8, 4) is 0 Å². The number of nitrogens with zero attached hydrogens (tertiary/aromatic N) is 1. The van der Waals surface area contributed by atoms with Crippen LogP contribution >= 0.6 is 0 Å². The first-order chi connectivity index (χ1) is 15.8. The maximum Gasteiger partial charge on any atom is 0.237 e. The largest absolute Gasteiger partial charge is 0.354 e. The third-order valence-electron chi connectivity index (χ3n) is 7.15. The van der Waals surface area contributed by atoms with E-state index in [-0.39, 0.29) is 29.8 Å². The highest BCUT2D eigenvalue weighted by Gasteiger charge is 2.56. The highest BCUT2D eigenvalue weighted by atomic mass is 16.2. The standard InChI is InChI=1S/C27H36N4O2/c1-18(2)29-26(33)23-16-31(15-20-9-5-4-6-10-20)17-27(23)14-13-21-11-7-8-12-22(21)24(27)30-25(32)19(3)28/h4-12,18-19,23-24H,13-17,28H2,1-3H3,(H,29,33)(H,30,32)/t19-,23-,24-,27+/m0/s1. The smallest absolute Gasteiger partial charge is 0.237 e. The molecular formula is C27H36N4O2. The number of benzene rings is 2. The van der Waals surface area contributed by atoms with Gasteiger partial charge < -0.3 is 16.4 Å². The second kappa shape index (κ2) is 9.65. The second-order valence-electron chi connectivity index (χ2n) is 10.0. The molecule has 4 N–H and O–H groups in total. The van der Waals surface area contributed by atoms with E-state index in [0.717, 1.165) is 31.5 Å². The normalized spacial score (nSPS) is 25.6. The van der Waals surface area contributed by atoms with Gasteiger partial charge in [-0.15, -0.1) is 0 Å². The number of rotatable bonds is 6. The molecule has 4 rings (SSSR count). The molecule has 2 aliphatic rings. The lowest BCUT2D eigenvalue weighted by molar-refractivity contribution is -0.131. The van der Waals surface area contributed by atoms with E-state index in [9.17, 15) is 9.59 Å². The average molecular weight is 449 g/mol. The van der Waals surface area contributed by atoms with Gasteiger partial charge in [0.1, 0.15) is 0 Å². The average Bonchev–Trinajstić information content (AvgIpc) is 3.14. The molecule has 1 heterocycles. The molecule has 6 heteroatoms. The van der Waals surface area contributed by atoms with Gasteiger partial charge in [-0.2, -0.15) is 0 Å². The van der Waals surface area contributed by atoms with Gasteiger partial charge >= 0.3 is 0 Å². The second-order valence-corrected chi connectivity index (χ2v) is 10.0. The van der Waals surface area contributed by atoms with E-state index < -0.39 is 11.5 Å². The summed E-state index contributed by atoms with van der Waals surface area (Å²) in [4.78, 5) is 28.7. The summed E-state index contributed by atoms with van der Waals surface area (Å²) >= 11 is 0. The number of carbonyl (C=O) groups is 2. The Balaban J connectivity index is 1.74. The number of hydrogen-bond acceptors (Lipinski definition) is 4. The van der Waals surface area contributed by atoms with Crippen LogP contribution in [-0.4, -0.2) is 41.9 Å². The third kappa shape index (κ3) is 4.82. The van der Waals surface area contributed by atoms with Crippen LogP contribution in [0, 0.1) is 11.3 Å². The van der Waals surface area contributed by atoms with Gasteiger partial charge in [0.15, 0.2) is 0 Å². The number of nitrogens with two attached hydrogens (primary N) is 1. The first-order valence-electron chi connectivity index (χ1n) is 12.0. The van der Waals surface area contributed by atoms with Crippen LogP contribution in [0.5, 0.6) is 0 Å². The fourth-order valence-corrected chi connectivity index (χ4v) is 5.63. The molecule has 0 saturated carbocycles. The number of hydrogen-bond donors (Lipinski definition) is 3. The van der Waals surface area contributed by atoms with Crippen LogP contribution in [0.4, 0.5) is 0 Å². The summed E-state index contributed by atoms with van der Waals surface area (Å²) in [5, 5.41) is 6.42. The van der Waals surface area contributed by atoms with Crippen LogP contribution in [0.2, 0.25) is 0 Å². The summed E-state index contributed by atoms with van der Waals surface area (Å²) in [6, 6.07) is 17.8. The van der Waals surface area contributed by atoms with Crippen molar-refractivity contribution in [2.75, 3.05) is 13.1 Å². The maximum absolute atomic E-state index is 13.5. The molecule has 176 valence electrons. The molecule has 2 aromatic carbocycles. The Hall–Kier alpha value is -2.70. The minimum atomic E-state index is -0.610. The topological polar surface area (TPSA) is 87.5 Å². The summed E-state index contributed by atoms with van der Waals surface area (Å²) in [6.07, 6.45) is 1.74. The van der Waals surface area contributed by atoms with Gasteiger partial charge in [0.25, 0.3) is 0 Å². The van der Waals surface area contributed by atoms with Crippen LogP contribution in [-0.2, 0) is 22.6 Å². The molecular weight excluding hydrogens is 412 g/mol. The van der Waals surface area contributed by atoms with Crippen LogP contribution in [0.15, 0.2) is 54.6 Å². The molecule has 1 fully saturated rings. The number of nitrogens with one attached hydrogen (secondary N) is 2. The zero-order valence-electron chi connectivity index (χ0n) is 19.9. The van der Waals surface area contributed by atoms with Crippen LogP contribution in [0.25, 0.3) is 0 Å². The zero-order chi connectivity index (χ0) is 23.6. The lowest BCUT2D eigenvalue weighted by Crippen LogP contribution is -2.54. The van der Waals surface area contributed by atoms with E-state index in [1.54, 1.807) is 6.92 Å². The van der Waals surface area contributed by atoms with E-state index in [1.165, 1.54) is 11.1 Å². The van der Waals surface area contributed by atoms with Gasteiger partial charge in [0.2, 0.25) is 11.8 Å². The fourth-order valence-electron chi connectivity index (χ4n) is 5.63. The fraction of sp³-hybridized carbons (Fsp3) is 0.481. The first-order valence-corrected chi connectivity index (χ1v) is 12.0. The molecule has 1 spiro atoms. The van der Waals surface area contributed by atoms with Crippen molar-refractivity contribution in [2.24, 2.45) is 17.1 Å². The predicted octanol–water partition coefficient (Wildman–Crippen LogP) is 2.78. The lowest BCUT2D eigenvalue weighted by Gasteiger charge is -2.46. The Bertz CT molecular complexity index is 991. The minimum absolute atomic E-state index is 0.0608. The van der Waals surface area contributed by atoms with E-state index in [0.29, 0.717) is 6.54 Å². The maximum atomic E-state index is 13.5. The van der Waals surface area contributed by atoms with Crippen molar-refractivity contribution in [1.82, 2.24) is 15.5 Å². The SMILES string of the molecule is CC(C)NC(=O)[C@@H]1CN(Cc2ccccc2)C[C@]12CCc1ccccc1[C@@H]2NC(=O)[C@H](C)N. The molecule has 2 amide bonds. The summed E-state index contributed by atoms with van der Waals surface area (Å²) in [7, 11) is 0. The van der Waals surface area contributed by atoms with Crippen molar-refractivity contribution in [2.45, 2.75) is 58.3 Å². The summed E-state index contributed by atoms with van der Waals surface area (Å²) in [6.45, 7) is 7.88. The van der Waals surface area contributed by atoms with Gasteiger partial charge in [-0.1, -0.05) is 54.6 Å². The Labute approximate surface area is 196 Å². The van der Waals surface area contributed by atoms with Gasteiger partial charge in [0, 0.05) is 31.1 Å². The third-order valence-corrected chi connectivity index (χ3v) is 7.15. The van der Waals surface area contributed by atoms with Gasteiger partial charge in [-0.05, 0) is 50.3 Å². The molecule has 0 radical (unpaired) electrons. The van der Waals surface area contributed by atoms with E-state index in [2.05, 4.69) is 39.8 Å². The molecule has 1 aliphatic carbocycles. The number of aryl methyl sites for hydroxylation is 1. The Morgan fingerprint density at radius 3 is 2.48 bits per heavy atom. The molecule has 0 aromatic heterocycles. The number of likely N-dealkylation sites (tertiary alicyclic amines) is 1. The Morgan fingerprint density at radius 1 is 1.09 bits per heavy atom. The van der Waals surface area contributed by atoms with E-state index in [4.69, 9.17) is 5.73 Å². The molecule has 6 nitrogen and oxygen atoms in total. The van der Waals surface area contributed by atoms with Crippen molar-refractivity contribution in [3.63, 3.8) is 0 Å². The van der Waals surface area contributed by atoms with Crippen molar-refractivity contribution in [3.05, 3.63) is 71.3 Å². The van der Waals surface area contributed by atoms with E-state index in [1.807, 2.05) is 44.2 Å². The van der Waals surface area contributed by atoms with Gasteiger partial charge in [-0.25, -0.2) is 0 Å². The van der Waals surface area contributed by atoms with Crippen LogP contribution in [0.3, 0.4) is 0 Å². The highest BCUT2D eigenvalue weighted by Crippen LogP contribution is 2.53. The minimum Gasteiger partial charge on any atom is -0.354 e. The summed E-state index contributed by atoms with van der Waals surface area (Å²) in [5.74, 6) is -0.337. The molecule has 2 aromatic rings. The molecule has 1 saturated heterocycles. The Morgan fingerprint density at radius 2 is 1.79 bits per heavy atom. The highest BCUT2D eigenvalue weighted by molar-refractivity contribution is 5.83. The van der Waals surface area contributed by atoms with Crippen LogP contribution < -0.4 is 16.4 Å². The van der Waals surface area contributed by atoms with E-state index >= 15 is 0 Å². The first kappa shape index (κ1) is 23.5. The lowest BCUT2D eigenvalue weighted by atomic mass is 9.62. The van der Waals surface area contributed by atoms with Gasteiger partial charge in [-0.3, -0.25) is 14.5 Å². The zero-order valence-corrected chi connectivity index (χ0v) is 19.9. The number of fused-ring (bicyclic) bond motifs is 1. The number of amides is 2. The monoisotopic (exact) mass is 448 g/mol. The number of carbonyl (C=O) groups excluding carboxylic acids is 2. The van der Waals surface area contributed by atoms with Crippen molar-refractivity contribution < 1.29 is 9.59 Å². The van der Waals surface area contributed by atoms with Crippen molar-refractivity contribution in [1.29, 1.82) is 0 Å². The molecule has 0 unspecified atom stereocenters. The predicted molar refractivity (Wildman–Crippen MR) is 130 cm³/mol. The quantitative estimate of drug-likeness (QED) is 0.634. The van der Waals surface area contributed by atoms with Crippen LogP contribution in [0.1, 0.15) is 49.9 Å². The summed E-state index contributed by atoms with van der Waals surface area (Å²) < 4.78 is 0. The Kier molecular flexibility index (Phi) is 6.86. The van der Waals surface area contributed by atoms with Crippen molar-refractivity contribution >= 4 is 11.8 Å². The van der Waals surface area contributed by atoms with Gasteiger partial charge in [0.05, 0.1) is 18.0 Å².